The molecule has 1 aromatic heterocycles. The first-order chi connectivity index (χ1) is 8.36. The second-order valence-electron chi connectivity index (χ2n) is 3.46. The molecule has 0 bridgehead atoms. The maximum atomic E-state index is 11.2. The maximum absolute atomic E-state index is 11.2. The lowest BCUT2D eigenvalue weighted by Gasteiger charge is -2.05. The number of nitrogens with one attached hydrogen (secondary N) is 1. The van der Waals surface area contributed by atoms with Gasteiger partial charge in [0.1, 0.15) is 0 Å². The van der Waals surface area contributed by atoms with Gasteiger partial charge in [0.15, 0.2) is 0 Å². The van der Waals surface area contributed by atoms with Gasteiger partial charge in [0.05, 0.1) is 0 Å². The standard InChI is InChI=1S/C12H14N2OS2/c15-12-7-10-17-14(12)13-8-4-9-16-11-5-2-1-3-6-11/h1-3,5-7,10,13H,4,8-9H2. The molecule has 0 saturated carbocycles. The van der Waals surface area contributed by atoms with E-state index in [-0.39, 0.29) is 5.56 Å². The van der Waals surface area contributed by atoms with Crippen LogP contribution in [-0.4, -0.2) is 16.4 Å². The molecular weight excluding hydrogens is 252 g/mol. The summed E-state index contributed by atoms with van der Waals surface area (Å²) in [5, 5.41) is 1.79. The van der Waals surface area contributed by atoms with Gasteiger partial charge in [0, 0.05) is 22.9 Å². The van der Waals surface area contributed by atoms with Crippen LogP contribution in [0.15, 0.2) is 51.5 Å². The van der Waals surface area contributed by atoms with Crippen LogP contribution in [0.5, 0.6) is 0 Å². The average Bonchev–Trinajstić information content (AvgIpc) is 2.76. The summed E-state index contributed by atoms with van der Waals surface area (Å²) in [6.07, 6.45) is 1.03. The molecule has 1 N–H and O–H groups in total. The Hall–Kier alpha value is -1.20. The fraction of sp³-hybridized carbons (Fsp3) is 0.250. The lowest BCUT2D eigenvalue weighted by atomic mass is 10.4. The molecule has 0 unspecified atom stereocenters. The minimum absolute atomic E-state index is 0.0192. The molecule has 17 heavy (non-hydrogen) atoms. The molecule has 2 aromatic rings. The van der Waals surface area contributed by atoms with E-state index in [2.05, 4.69) is 17.6 Å². The molecule has 0 atom stereocenters. The molecular formula is C12H14N2OS2. The van der Waals surface area contributed by atoms with Gasteiger partial charge in [-0.2, -0.15) is 4.07 Å². The minimum atomic E-state index is 0.0192. The van der Waals surface area contributed by atoms with Crippen LogP contribution in [0.3, 0.4) is 0 Å². The summed E-state index contributed by atoms with van der Waals surface area (Å²) in [7, 11) is 0. The lowest BCUT2D eigenvalue weighted by Crippen LogP contribution is -2.24. The highest BCUT2D eigenvalue weighted by molar-refractivity contribution is 7.99. The molecule has 0 radical (unpaired) electrons. The maximum Gasteiger partial charge on any atom is 0.279 e. The largest absolute Gasteiger partial charge is 0.314 e. The van der Waals surface area contributed by atoms with E-state index in [0.717, 1.165) is 18.7 Å². The quantitative estimate of drug-likeness (QED) is 0.644. The van der Waals surface area contributed by atoms with Gasteiger partial charge in [0.2, 0.25) is 0 Å². The van der Waals surface area contributed by atoms with Crippen LogP contribution in [0.2, 0.25) is 0 Å². The Balaban J connectivity index is 1.64. The number of aromatic nitrogens is 1. The third-order valence-electron chi connectivity index (χ3n) is 2.17. The summed E-state index contributed by atoms with van der Waals surface area (Å²) in [4.78, 5) is 12.5. The number of hydrogen-bond acceptors (Lipinski definition) is 4. The van der Waals surface area contributed by atoms with E-state index in [1.807, 2.05) is 30.0 Å². The minimum Gasteiger partial charge on any atom is -0.314 e. The predicted octanol–water partition coefficient (Wildman–Crippen LogP) is 2.64. The van der Waals surface area contributed by atoms with Gasteiger partial charge >= 0.3 is 0 Å². The fourth-order valence-electron chi connectivity index (χ4n) is 1.34. The summed E-state index contributed by atoms with van der Waals surface area (Å²) < 4.78 is 1.56. The average molecular weight is 266 g/mol. The smallest absolute Gasteiger partial charge is 0.279 e. The van der Waals surface area contributed by atoms with Crippen LogP contribution >= 0.6 is 23.3 Å². The van der Waals surface area contributed by atoms with Crippen molar-refractivity contribution < 1.29 is 0 Å². The van der Waals surface area contributed by atoms with Crippen molar-refractivity contribution in [3.63, 3.8) is 0 Å². The predicted molar refractivity (Wildman–Crippen MR) is 74.6 cm³/mol. The van der Waals surface area contributed by atoms with Crippen molar-refractivity contribution >= 4 is 23.3 Å². The Kier molecular flexibility index (Phi) is 4.70. The fourth-order valence-corrected chi connectivity index (χ4v) is 2.85. The molecule has 0 aliphatic heterocycles. The first-order valence-corrected chi connectivity index (χ1v) is 7.27. The molecule has 1 aromatic carbocycles. The zero-order valence-corrected chi connectivity index (χ0v) is 11.0. The molecule has 1 heterocycles. The molecule has 5 heteroatoms. The van der Waals surface area contributed by atoms with Gasteiger partial charge in [-0.1, -0.05) is 18.2 Å². The Morgan fingerprint density at radius 3 is 2.76 bits per heavy atom. The highest BCUT2D eigenvalue weighted by Gasteiger charge is 1.95. The van der Waals surface area contributed by atoms with E-state index in [4.69, 9.17) is 0 Å². The van der Waals surface area contributed by atoms with Gasteiger partial charge in [-0.25, -0.2) is 0 Å². The third kappa shape index (κ3) is 3.94. The Morgan fingerprint density at radius 1 is 1.24 bits per heavy atom. The lowest BCUT2D eigenvalue weighted by molar-refractivity contribution is 0.845. The van der Waals surface area contributed by atoms with Crippen molar-refractivity contribution in [1.29, 1.82) is 0 Å². The second kappa shape index (κ2) is 6.51. The normalized spacial score (nSPS) is 10.4. The van der Waals surface area contributed by atoms with Crippen molar-refractivity contribution in [3.8, 4) is 0 Å². The Bertz CT molecular complexity index is 492. The topological polar surface area (TPSA) is 34.0 Å². The molecule has 0 saturated heterocycles. The number of thioether (sulfide) groups is 1. The van der Waals surface area contributed by atoms with Gasteiger partial charge in [-0.05, 0) is 35.8 Å². The van der Waals surface area contributed by atoms with E-state index in [0.29, 0.717) is 0 Å². The third-order valence-corrected chi connectivity index (χ3v) is 4.04. The monoisotopic (exact) mass is 266 g/mol. The van der Waals surface area contributed by atoms with Crippen LogP contribution < -0.4 is 11.0 Å². The van der Waals surface area contributed by atoms with Gasteiger partial charge in [0.25, 0.3) is 5.56 Å². The first kappa shape index (κ1) is 12.3. The van der Waals surface area contributed by atoms with Crippen LogP contribution in [0.1, 0.15) is 6.42 Å². The van der Waals surface area contributed by atoms with Crippen molar-refractivity contribution in [2.45, 2.75) is 11.3 Å². The number of rotatable bonds is 6. The van der Waals surface area contributed by atoms with E-state index in [9.17, 15) is 4.79 Å². The molecule has 0 aliphatic rings. The molecule has 0 fully saturated rings. The van der Waals surface area contributed by atoms with Crippen LogP contribution in [0.25, 0.3) is 0 Å². The van der Waals surface area contributed by atoms with Crippen LogP contribution in [-0.2, 0) is 0 Å². The highest BCUT2D eigenvalue weighted by Crippen LogP contribution is 2.17. The van der Waals surface area contributed by atoms with E-state index >= 15 is 0 Å². The molecule has 2 rings (SSSR count). The molecule has 0 aliphatic carbocycles. The van der Waals surface area contributed by atoms with Crippen molar-refractivity contribution in [2.75, 3.05) is 17.7 Å². The number of nitrogens with zero attached hydrogens (tertiary/aromatic N) is 1. The molecule has 0 amide bonds. The van der Waals surface area contributed by atoms with E-state index < -0.39 is 0 Å². The van der Waals surface area contributed by atoms with Crippen LogP contribution in [0, 0.1) is 0 Å². The second-order valence-corrected chi connectivity index (χ2v) is 5.48. The van der Waals surface area contributed by atoms with Crippen molar-refractivity contribution in [3.05, 3.63) is 52.1 Å². The summed E-state index contributed by atoms with van der Waals surface area (Å²) in [5.41, 5.74) is 3.11. The van der Waals surface area contributed by atoms with Gasteiger partial charge in [-0.15, -0.1) is 11.8 Å². The first-order valence-electron chi connectivity index (χ1n) is 5.45. The highest BCUT2D eigenvalue weighted by atomic mass is 32.2. The summed E-state index contributed by atoms with van der Waals surface area (Å²) in [6.45, 7) is 0.820. The van der Waals surface area contributed by atoms with Crippen molar-refractivity contribution in [2.24, 2.45) is 0 Å². The van der Waals surface area contributed by atoms with Gasteiger partial charge in [-0.3, -0.25) is 4.79 Å². The number of benzene rings is 1. The van der Waals surface area contributed by atoms with Crippen molar-refractivity contribution in [1.82, 2.24) is 4.07 Å². The zero-order chi connectivity index (χ0) is 11.9. The number of hydrogen-bond donors (Lipinski definition) is 1. The van der Waals surface area contributed by atoms with Crippen LogP contribution in [0.4, 0.5) is 0 Å². The molecule has 90 valence electrons. The van der Waals surface area contributed by atoms with E-state index in [1.54, 1.807) is 15.5 Å². The Labute approximate surface area is 109 Å². The van der Waals surface area contributed by atoms with E-state index in [1.165, 1.54) is 16.4 Å². The molecule has 0 spiro atoms. The summed E-state index contributed by atoms with van der Waals surface area (Å²) >= 11 is 3.23. The Morgan fingerprint density at radius 2 is 2.06 bits per heavy atom. The zero-order valence-electron chi connectivity index (χ0n) is 9.33. The SMILES string of the molecule is O=c1ccsn1NCCCSc1ccccc1. The summed E-state index contributed by atoms with van der Waals surface area (Å²) in [6, 6.07) is 11.9. The van der Waals surface area contributed by atoms with Gasteiger partial charge < -0.3 is 5.43 Å². The summed E-state index contributed by atoms with van der Waals surface area (Å²) in [5.74, 6) is 1.05. The molecule has 3 nitrogen and oxygen atoms in total.